The summed E-state index contributed by atoms with van der Waals surface area (Å²) >= 11 is 0. The fourth-order valence-electron chi connectivity index (χ4n) is 1.90. The van der Waals surface area contributed by atoms with E-state index in [1.165, 1.54) is 0 Å². The Balaban J connectivity index is 2.60. The second-order valence-electron chi connectivity index (χ2n) is 5.89. The zero-order valence-corrected chi connectivity index (χ0v) is 12.4. The second-order valence-corrected chi connectivity index (χ2v) is 5.89. The molecule has 18 heavy (non-hydrogen) atoms. The van der Waals surface area contributed by atoms with Crippen molar-refractivity contribution in [2.45, 2.75) is 13.8 Å². The van der Waals surface area contributed by atoms with E-state index >= 15 is 0 Å². The molecule has 0 saturated carbocycles. The molecule has 0 radical (unpaired) electrons. The molecule has 0 saturated heterocycles. The Morgan fingerprint density at radius 1 is 1.22 bits per heavy atom. The van der Waals surface area contributed by atoms with E-state index in [0.717, 1.165) is 24.9 Å². The molecule has 0 fully saturated rings. The molecule has 1 rings (SSSR count). The van der Waals surface area contributed by atoms with Gasteiger partial charge in [-0.25, -0.2) is 4.98 Å². The lowest BCUT2D eigenvalue weighted by molar-refractivity contribution is 0.254. The molecule has 0 unspecified atom stereocenters. The summed E-state index contributed by atoms with van der Waals surface area (Å²) in [5.41, 5.74) is 0.201. The highest BCUT2D eigenvalue weighted by atomic mass is 15.2. The van der Waals surface area contributed by atoms with Crippen LogP contribution < -0.4 is 10.2 Å². The first-order valence-electron chi connectivity index (χ1n) is 6.19. The van der Waals surface area contributed by atoms with E-state index in [1.54, 1.807) is 6.20 Å². The third kappa shape index (κ3) is 4.87. The van der Waals surface area contributed by atoms with Crippen LogP contribution in [0.5, 0.6) is 0 Å². The monoisotopic (exact) mass is 251 g/mol. The largest absolute Gasteiger partial charge is 0.369 e. The Labute approximate surface area is 110 Å². The van der Waals surface area contributed by atoms with Crippen LogP contribution in [0.2, 0.25) is 0 Å². The van der Waals surface area contributed by atoms with Crippen molar-refractivity contribution in [2.24, 2.45) is 5.41 Å². The minimum Gasteiger partial charge on any atom is -0.369 e. The van der Waals surface area contributed by atoms with E-state index in [-0.39, 0.29) is 5.41 Å². The molecule has 1 N–H and O–H groups in total. The highest BCUT2D eigenvalue weighted by molar-refractivity contribution is 5.40. The quantitative estimate of drug-likeness (QED) is 0.831. The first kappa shape index (κ1) is 14.7. The van der Waals surface area contributed by atoms with Crippen molar-refractivity contribution in [1.29, 1.82) is 0 Å². The van der Waals surface area contributed by atoms with E-state index in [4.69, 9.17) is 0 Å². The molecule has 0 amide bonds. The van der Waals surface area contributed by atoms with Gasteiger partial charge in [-0.15, -0.1) is 0 Å². The average Bonchev–Trinajstić information content (AvgIpc) is 2.25. The van der Waals surface area contributed by atoms with Gasteiger partial charge in [0.1, 0.15) is 5.82 Å². The summed E-state index contributed by atoms with van der Waals surface area (Å²) in [6.07, 6.45) is 1.78. The van der Waals surface area contributed by atoms with Crippen LogP contribution in [-0.4, -0.2) is 56.1 Å². The predicted molar refractivity (Wildman–Crippen MR) is 77.2 cm³/mol. The van der Waals surface area contributed by atoms with Crippen molar-refractivity contribution in [3.8, 4) is 0 Å². The van der Waals surface area contributed by atoms with E-state index in [1.807, 2.05) is 25.1 Å². The topological polar surface area (TPSA) is 44.3 Å². The Hall–Kier alpha value is -1.36. The van der Waals surface area contributed by atoms with E-state index in [0.29, 0.717) is 0 Å². The van der Waals surface area contributed by atoms with Crippen LogP contribution in [0, 0.1) is 5.41 Å². The Morgan fingerprint density at radius 2 is 1.89 bits per heavy atom. The smallest absolute Gasteiger partial charge is 0.226 e. The van der Waals surface area contributed by atoms with Crippen molar-refractivity contribution >= 4 is 11.8 Å². The van der Waals surface area contributed by atoms with Crippen LogP contribution in [-0.2, 0) is 0 Å². The van der Waals surface area contributed by atoms with Crippen LogP contribution >= 0.6 is 0 Å². The van der Waals surface area contributed by atoms with Crippen LogP contribution in [0.1, 0.15) is 13.8 Å². The number of rotatable bonds is 6. The van der Waals surface area contributed by atoms with Gasteiger partial charge in [0, 0.05) is 33.4 Å². The highest BCUT2D eigenvalue weighted by Crippen LogP contribution is 2.17. The van der Waals surface area contributed by atoms with Gasteiger partial charge in [-0.1, -0.05) is 13.8 Å². The molecule has 1 heterocycles. The number of nitrogens with one attached hydrogen (secondary N) is 1. The van der Waals surface area contributed by atoms with Gasteiger partial charge in [0.05, 0.1) is 0 Å². The summed E-state index contributed by atoms with van der Waals surface area (Å²) in [4.78, 5) is 12.7. The maximum absolute atomic E-state index is 4.44. The Bertz CT molecular complexity index is 373. The summed E-state index contributed by atoms with van der Waals surface area (Å²) in [5.74, 6) is 1.60. The molecule has 5 nitrogen and oxygen atoms in total. The molecule has 0 bridgehead atoms. The number of hydrogen-bond acceptors (Lipinski definition) is 5. The lowest BCUT2D eigenvalue weighted by atomic mass is 9.93. The first-order valence-corrected chi connectivity index (χ1v) is 6.19. The van der Waals surface area contributed by atoms with Gasteiger partial charge >= 0.3 is 0 Å². The van der Waals surface area contributed by atoms with E-state index in [9.17, 15) is 0 Å². The Kier molecular flexibility index (Phi) is 4.90. The zero-order valence-electron chi connectivity index (χ0n) is 12.4. The van der Waals surface area contributed by atoms with Crippen LogP contribution in [0.15, 0.2) is 12.3 Å². The molecule has 0 aliphatic carbocycles. The molecule has 102 valence electrons. The molecule has 1 aromatic heterocycles. The lowest BCUT2D eigenvalue weighted by Gasteiger charge is -2.28. The second kappa shape index (κ2) is 6.00. The van der Waals surface area contributed by atoms with Crippen molar-refractivity contribution in [1.82, 2.24) is 14.9 Å². The first-order chi connectivity index (χ1) is 8.30. The maximum atomic E-state index is 4.44. The fourth-order valence-corrected chi connectivity index (χ4v) is 1.90. The van der Waals surface area contributed by atoms with Crippen molar-refractivity contribution < 1.29 is 0 Å². The summed E-state index contributed by atoms with van der Waals surface area (Å²) < 4.78 is 0. The minimum absolute atomic E-state index is 0.201. The Morgan fingerprint density at radius 3 is 2.44 bits per heavy atom. The normalized spacial score (nSPS) is 11.7. The lowest BCUT2D eigenvalue weighted by Crippen LogP contribution is -2.34. The molecular weight excluding hydrogens is 226 g/mol. The van der Waals surface area contributed by atoms with E-state index < -0.39 is 0 Å². The molecule has 5 heteroatoms. The zero-order chi connectivity index (χ0) is 13.8. The van der Waals surface area contributed by atoms with Crippen molar-refractivity contribution in [2.75, 3.05) is 51.5 Å². The number of hydrogen-bond donors (Lipinski definition) is 1. The average molecular weight is 251 g/mol. The maximum Gasteiger partial charge on any atom is 0.226 e. The van der Waals surface area contributed by atoms with E-state index in [2.05, 4.69) is 48.1 Å². The molecule has 0 spiro atoms. The number of anilines is 2. The fraction of sp³-hybridized carbons (Fsp3) is 0.692. The SMILES string of the molecule is CN(C)CC(C)(C)CNc1ccnc(N(C)C)n1. The molecule has 0 atom stereocenters. The predicted octanol–water partition coefficient (Wildman–Crippen LogP) is 1.54. The summed E-state index contributed by atoms with van der Waals surface area (Å²) in [6, 6.07) is 1.90. The van der Waals surface area contributed by atoms with Gasteiger partial charge in [0.2, 0.25) is 5.95 Å². The summed E-state index contributed by atoms with van der Waals surface area (Å²) in [6.45, 7) is 6.41. The van der Waals surface area contributed by atoms with Gasteiger partial charge in [0.15, 0.2) is 0 Å². The third-order valence-electron chi connectivity index (χ3n) is 2.54. The van der Waals surface area contributed by atoms with Crippen LogP contribution in [0.4, 0.5) is 11.8 Å². The summed E-state index contributed by atoms with van der Waals surface area (Å²) in [5, 5.41) is 3.38. The van der Waals surface area contributed by atoms with Gasteiger partial charge in [-0.3, -0.25) is 0 Å². The molecule has 1 aromatic rings. The molecule has 0 aliphatic rings. The third-order valence-corrected chi connectivity index (χ3v) is 2.54. The van der Waals surface area contributed by atoms with Gasteiger partial charge in [-0.05, 0) is 25.6 Å². The van der Waals surface area contributed by atoms with Crippen molar-refractivity contribution in [3.05, 3.63) is 12.3 Å². The molecule has 0 aromatic carbocycles. The standard InChI is InChI=1S/C13H25N5/c1-13(2,10-17(3)4)9-15-11-7-8-14-12(16-11)18(5)6/h7-8H,9-10H2,1-6H3,(H,14,15,16). The summed E-state index contributed by atoms with van der Waals surface area (Å²) in [7, 11) is 8.07. The van der Waals surface area contributed by atoms with Gasteiger partial charge < -0.3 is 15.1 Å². The highest BCUT2D eigenvalue weighted by Gasteiger charge is 2.18. The van der Waals surface area contributed by atoms with Crippen molar-refractivity contribution in [3.63, 3.8) is 0 Å². The van der Waals surface area contributed by atoms with Gasteiger partial charge in [-0.2, -0.15) is 4.98 Å². The van der Waals surface area contributed by atoms with Crippen LogP contribution in [0.3, 0.4) is 0 Å². The van der Waals surface area contributed by atoms with Gasteiger partial charge in [0.25, 0.3) is 0 Å². The number of aromatic nitrogens is 2. The molecular formula is C13H25N5. The van der Waals surface area contributed by atoms with Crippen LogP contribution in [0.25, 0.3) is 0 Å². The number of nitrogens with zero attached hydrogens (tertiary/aromatic N) is 4. The molecule has 0 aliphatic heterocycles. The minimum atomic E-state index is 0.201.